The number of likely N-dealkylation sites (tertiary alicyclic amines) is 2. The maximum absolute atomic E-state index is 12.4. The molecule has 0 radical (unpaired) electrons. The van der Waals surface area contributed by atoms with Crippen LogP contribution in [0.5, 0.6) is 0 Å². The Kier molecular flexibility index (Phi) is 3.64. The van der Waals surface area contributed by atoms with Crippen molar-refractivity contribution in [3.63, 3.8) is 0 Å². The lowest BCUT2D eigenvalue weighted by atomic mass is 9.56. The first kappa shape index (κ1) is 15.9. The second-order valence-corrected chi connectivity index (χ2v) is 8.88. The lowest BCUT2D eigenvalue weighted by Gasteiger charge is -2.46. The Morgan fingerprint density at radius 1 is 1.17 bits per heavy atom. The third-order valence-corrected chi connectivity index (χ3v) is 6.02. The van der Waals surface area contributed by atoms with Crippen molar-refractivity contribution in [1.82, 2.24) is 9.80 Å². The van der Waals surface area contributed by atoms with Crippen LogP contribution in [0.4, 0.5) is 4.79 Å². The second-order valence-electron chi connectivity index (χ2n) is 8.88. The molecule has 0 aromatic heterocycles. The fourth-order valence-electron chi connectivity index (χ4n) is 4.97. The second kappa shape index (κ2) is 5.48. The number of hydrogen-bond donors (Lipinski definition) is 0. The molecule has 2 aliphatic heterocycles. The van der Waals surface area contributed by atoms with Crippen LogP contribution in [0, 0.1) is 17.3 Å². The first-order valence-electron chi connectivity index (χ1n) is 9.10. The predicted molar refractivity (Wildman–Crippen MR) is 93.6 cm³/mol. The normalized spacial score (nSPS) is 32.2. The molecule has 4 nitrogen and oxygen atoms in total. The number of rotatable bonds is 2. The molecule has 4 heteroatoms. The zero-order valence-electron chi connectivity index (χ0n) is 15.0. The van der Waals surface area contributed by atoms with E-state index in [1.807, 2.05) is 25.7 Å². The molecule has 3 fully saturated rings. The standard InChI is InChI=1S/C20H28N2O2/c1-19(2,3)24-18(23)22-12-17-9-16-11-21(13-20(16,17)14-22)10-15-7-5-4-6-8-15/h4-8,16-17H,9-14H2,1-3H3. The molecule has 1 aromatic carbocycles. The third-order valence-electron chi connectivity index (χ3n) is 6.02. The SMILES string of the molecule is CC(C)(C)OC(=O)N1CC2CC3CN(Cc4ccccc4)CC32C1. The maximum Gasteiger partial charge on any atom is 0.410 e. The van der Waals surface area contributed by atoms with Gasteiger partial charge in [0.15, 0.2) is 0 Å². The molecule has 1 aromatic rings. The van der Waals surface area contributed by atoms with Crippen molar-refractivity contribution in [3.05, 3.63) is 35.9 Å². The zero-order valence-corrected chi connectivity index (χ0v) is 15.0. The number of ether oxygens (including phenoxy) is 1. The van der Waals surface area contributed by atoms with Crippen LogP contribution in [-0.4, -0.2) is 47.7 Å². The molecular weight excluding hydrogens is 300 g/mol. The van der Waals surface area contributed by atoms with Crippen molar-refractivity contribution >= 4 is 6.09 Å². The summed E-state index contributed by atoms with van der Waals surface area (Å²) in [4.78, 5) is 17.0. The Balaban J connectivity index is 1.41. The molecule has 24 heavy (non-hydrogen) atoms. The maximum atomic E-state index is 12.4. The third kappa shape index (κ3) is 2.71. The Morgan fingerprint density at radius 3 is 2.58 bits per heavy atom. The summed E-state index contributed by atoms with van der Waals surface area (Å²) in [6, 6.07) is 10.7. The molecule has 1 spiro atoms. The summed E-state index contributed by atoms with van der Waals surface area (Å²) in [6.45, 7) is 10.9. The summed E-state index contributed by atoms with van der Waals surface area (Å²) in [6.07, 6.45) is 1.14. The van der Waals surface area contributed by atoms with Crippen molar-refractivity contribution in [1.29, 1.82) is 0 Å². The summed E-state index contributed by atoms with van der Waals surface area (Å²) in [5, 5.41) is 0. The highest BCUT2D eigenvalue weighted by Gasteiger charge is 2.64. The zero-order chi connectivity index (χ0) is 16.9. The van der Waals surface area contributed by atoms with Crippen LogP contribution in [-0.2, 0) is 11.3 Å². The minimum atomic E-state index is -0.412. The van der Waals surface area contributed by atoms with Gasteiger partial charge < -0.3 is 9.64 Å². The van der Waals surface area contributed by atoms with E-state index in [-0.39, 0.29) is 6.09 Å². The Bertz CT molecular complexity index is 624. The van der Waals surface area contributed by atoms with E-state index < -0.39 is 5.60 Å². The molecule has 130 valence electrons. The van der Waals surface area contributed by atoms with Gasteiger partial charge in [0.25, 0.3) is 0 Å². The van der Waals surface area contributed by atoms with Crippen LogP contribution in [0.2, 0.25) is 0 Å². The molecule has 3 unspecified atom stereocenters. The van der Waals surface area contributed by atoms with E-state index in [2.05, 4.69) is 35.2 Å². The summed E-state index contributed by atoms with van der Waals surface area (Å²) >= 11 is 0. The molecule has 1 saturated carbocycles. The summed E-state index contributed by atoms with van der Waals surface area (Å²) in [7, 11) is 0. The monoisotopic (exact) mass is 328 g/mol. The van der Waals surface area contributed by atoms with Gasteiger partial charge >= 0.3 is 6.09 Å². The van der Waals surface area contributed by atoms with Gasteiger partial charge in [-0.05, 0) is 44.6 Å². The topological polar surface area (TPSA) is 32.8 Å². The Labute approximate surface area is 144 Å². The van der Waals surface area contributed by atoms with Crippen LogP contribution < -0.4 is 0 Å². The van der Waals surface area contributed by atoms with Crippen LogP contribution >= 0.6 is 0 Å². The van der Waals surface area contributed by atoms with Gasteiger partial charge in [-0.2, -0.15) is 0 Å². The van der Waals surface area contributed by atoms with Gasteiger partial charge in [0, 0.05) is 38.1 Å². The molecule has 1 amide bonds. The molecule has 1 aliphatic carbocycles. The number of hydrogen-bond acceptors (Lipinski definition) is 3. The lowest BCUT2D eigenvalue weighted by molar-refractivity contribution is 0.0230. The molecule has 3 aliphatic rings. The van der Waals surface area contributed by atoms with Crippen LogP contribution in [0.1, 0.15) is 32.8 Å². The molecule has 2 saturated heterocycles. The Hall–Kier alpha value is -1.55. The lowest BCUT2D eigenvalue weighted by Crippen LogP contribution is -2.48. The number of carbonyl (C=O) groups excluding carboxylic acids is 1. The largest absolute Gasteiger partial charge is 0.444 e. The average Bonchev–Trinajstić information content (AvgIpc) is 2.93. The van der Waals surface area contributed by atoms with E-state index in [0.717, 1.165) is 32.1 Å². The highest BCUT2D eigenvalue weighted by atomic mass is 16.6. The van der Waals surface area contributed by atoms with Crippen molar-refractivity contribution < 1.29 is 9.53 Å². The minimum Gasteiger partial charge on any atom is -0.444 e. The number of nitrogens with zero attached hydrogens (tertiary/aromatic N) is 2. The first-order chi connectivity index (χ1) is 11.4. The van der Waals surface area contributed by atoms with Crippen molar-refractivity contribution in [2.75, 3.05) is 26.2 Å². The van der Waals surface area contributed by atoms with Gasteiger partial charge in [0.05, 0.1) is 0 Å². The minimum absolute atomic E-state index is 0.133. The number of carbonyl (C=O) groups is 1. The molecule has 0 bridgehead atoms. The fourth-order valence-corrected chi connectivity index (χ4v) is 4.97. The summed E-state index contributed by atoms with van der Waals surface area (Å²) in [5.74, 6) is 1.41. The smallest absolute Gasteiger partial charge is 0.410 e. The van der Waals surface area contributed by atoms with E-state index >= 15 is 0 Å². The number of benzene rings is 1. The van der Waals surface area contributed by atoms with Crippen LogP contribution in [0.3, 0.4) is 0 Å². The van der Waals surface area contributed by atoms with Gasteiger partial charge in [-0.3, -0.25) is 4.90 Å². The van der Waals surface area contributed by atoms with Crippen LogP contribution in [0.15, 0.2) is 30.3 Å². The van der Waals surface area contributed by atoms with Crippen LogP contribution in [0.25, 0.3) is 0 Å². The average molecular weight is 328 g/mol. The Morgan fingerprint density at radius 2 is 1.88 bits per heavy atom. The molecule has 0 N–H and O–H groups in total. The summed E-state index contributed by atoms with van der Waals surface area (Å²) in [5.41, 5.74) is 1.30. The fraction of sp³-hybridized carbons (Fsp3) is 0.650. The van der Waals surface area contributed by atoms with E-state index in [9.17, 15) is 4.79 Å². The van der Waals surface area contributed by atoms with E-state index in [0.29, 0.717) is 11.3 Å². The van der Waals surface area contributed by atoms with Gasteiger partial charge in [0.1, 0.15) is 5.60 Å². The number of amides is 1. The van der Waals surface area contributed by atoms with Gasteiger partial charge in [-0.15, -0.1) is 0 Å². The molecule has 4 rings (SSSR count). The molecule has 3 atom stereocenters. The van der Waals surface area contributed by atoms with Crippen molar-refractivity contribution in [3.8, 4) is 0 Å². The predicted octanol–water partition coefficient (Wildman–Crippen LogP) is 3.38. The van der Waals surface area contributed by atoms with E-state index in [1.54, 1.807) is 0 Å². The van der Waals surface area contributed by atoms with Crippen molar-refractivity contribution in [2.24, 2.45) is 17.3 Å². The van der Waals surface area contributed by atoms with Gasteiger partial charge in [-0.25, -0.2) is 4.79 Å². The summed E-state index contributed by atoms with van der Waals surface area (Å²) < 4.78 is 5.59. The van der Waals surface area contributed by atoms with Gasteiger partial charge in [-0.1, -0.05) is 30.3 Å². The molecule has 2 heterocycles. The quantitative estimate of drug-likeness (QED) is 0.834. The van der Waals surface area contributed by atoms with E-state index in [1.165, 1.54) is 18.5 Å². The highest BCUT2D eigenvalue weighted by Crippen LogP contribution is 2.60. The van der Waals surface area contributed by atoms with E-state index in [4.69, 9.17) is 4.74 Å². The van der Waals surface area contributed by atoms with Crippen molar-refractivity contribution in [2.45, 2.75) is 39.3 Å². The first-order valence-corrected chi connectivity index (χ1v) is 9.10. The van der Waals surface area contributed by atoms with Gasteiger partial charge in [0.2, 0.25) is 0 Å². The highest BCUT2D eigenvalue weighted by molar-refractivity contribution is 5.69. The molecular formula is C20H28N2O2.